The van der Waals surface area contributed by atoms with Gasteiger partial charge in [0, 0.05) is 13.1 Å². The third-order valence-corrected chi connectivity index (χ3v) is 10.1. The molecule has 3 aromatic carbocycles. The average molecular weight is 654 g/mol. The number of nitrogens with one attached hydrogen (secondary N) is 3. The summed E-state index contributed by atoms with van der Waals surface area (Å²) in [4.78, 5) is 26.6. The van der Waals surface area contributed by atoms with Crippen LogP contribution in [0.25, 0.3) is 0 Å². The number of aliphatic hydroxyl groups is 1. The van der Waals surface area contributed by atoms with Crippen LogP contribution in [0.3, 0.4) is 0 Å². The Morgan fingerprint density at radius 1 is 0.870 bits per heavy atom. The summed E-state index contributed by atoms with van der Waals surface area (Å²) in [6.07, 6.45) is -0.185. The van der Waals surface area contributed by atoms with E-state index >= 15 is 0 Å². The van der Waals surface area contributed by atoms with Crippen LogP contribution < -0.4 is 20.7 Å². The summed E-state index contributed by atoms with van der Waals surface area (Å²) in [7, 11) is -2.18. The number of ether oxygens (including phenoxy) is 2. The quantitative estimate of drug-likeness (QED) is 0.151. The number of amides is 2. The molecule has 0 saturated carbocycles. The largest absolute Gasteiger partial charge is 0.497 e. The second-order valence-corrected chi connectivity index (χ2v) is 13.6. The van der Waals surface area contributed by atoms with E-state index in [9.17, 15) is 23.1 Å². The van der Waals surface area contributed by atoms with Crippen molar-refractivity contribution in [3.8, 4) is 5.75 Å². The Morgan fingerprint density at radius 2 is 1.52 bits per heavy atom. The third kappa shape index (κ3) is 12.1. The van der Waals surface area contributed by atoms with Crippen molar-refractivity contribution in [2.45, 2.75) is 76.1 Å². The Morgan fingerprint density at radius 3 is 2.15 bits per heavy atom. The van der Waals surface area contributed by atoms with E-state index in [1.165, 1.54) is 0 Å². The molecule has 0 aliphatic carbocycles. The van der Waals surface area contributed by atoms with E-state index in [1.807, 2.05) is 79.7 Å². The first kappa shape index (κ1) is 36.5. The van der Waals surface area contributed by atoms with Crippen LogP contribution in [0, 0.1) is 0 Å². The lowest BCUT2D eigenvalue weighted by atomic mass is 10.0. The van der Waals surface area contributed by atoms with Gasteiger partial charge in [0.05, 0.1) is 30.3 Å². The number of benzene rings is 3. The van der Waals surface area contributed by atoms with Gasteiger partial charge in [0.2, 0.25) is 5.91 Å². The van der Waals surface area contributed by atoms with Crippen molar-refractivity contribution in [3.63, 3.8) is 0 Å². The highest BCUT2D eigenvalue weighted by atomic mass is 32.2. The molecule has 0 heterocycles. The van der Waals surface area contributed by atoms with Crippen molar-refractivity contribution in [2.75, 3.05) is 19.4 Å². The smallest absolute Gasteiger partial charge is 0.408 e. The van der Waals surface area contributed by atoms with E-state index in [1.54, 1.807) is 26.2 Å². The third-order valence-electron chi connectivity index (χ3n) is 7.70. The minimum Gasteiger partial charge on any atom is -0.497 e. The van der Waals surface area contributed by atoms with Crippen molar-refractivity contribution in [2.24, 2.45) is 0 Å². The van der Waals surface area contributed by atoms with E-state index in [0.29, 0.717) is 31.6 Å². The average Bonchev–Trinajstić information content (AvgIpc) is 3.06. The van der Waals surface area contributed by atoms with E-state index in [0.717, 1.165) is 16.7 Å². The maximum atomic E-state index is 13.8. The van der Waals surface area contributed by atoms with Gasteiger partial charge in [-0.3, -0.25) is 4.79 Å². The molecule has 3 rings (SSSR count). The molecule has 0 bridgehead atoms. The Balaban J connectivity index is 1.77. The van der Waals surface area contributed by atoms with Crippen LogP contribution in [0.4, 0.5) is 4.79 Å². The Hall–Kier alpha value is -3.93. The van der Waals surface area contributed by atoms with Gasteiger partial charge >= 0.3 is 6.09 Å². The number of aliphatic hydroxyl groups excluding tert-OH is 1. The number of carbonyl (C=O) groups is 2. The summed E-state index contributed by atoms with van der Waals surface area (Å²) in [6.45, 7) is 4.24. The fraction of sp³-hybridized carbons (Fsp3) is 0.429. The van der Waals surface area contributed by atoms with Crippen molar-refractivity contribution in [1.29, 1.82) is 0 Å². The van der Waals surface area contributed by atoms with E-state index in [4.69, 9.17) is 9.47 Å². The highest BCUT2D eigenvalue weighted by molar-refractivity contribution is 7.92. The van der Waals surface area contributed by atoms with Crippen molar-refractivity contribution in [1.82, 2.24) is 16.0 Å². The zero-order valence-electron chi connectivity index (χ0n) is 26.9. The minimum absolute atomic E-state index is 0.0461. The Labute approximate surface area is 272 Å². The normalized spacial score (nSPS) is 14.0. The van der Waals surface area contributed by atoms with Crippen LogP contribution in [0.1, 0.15) is 49.8 Å². The van der Waals surface area contributed by atoms with Gasteiger partial charge in [0.15, 0.2) is 9.84 Å². The second kappa shape index (κ2) is 18.9. The van der Waals surface area contributed by atoms with E-state index < -0.39 is 51.0 Å². The van der Waals surface area contributed by atoms with Gasteiger partial charge in [-0.15, -0.1) is 0 Å². The van der Waals surface area contributed by atoms with Gasteiger partial charge in [-0.05, 0) is 48.1 Å². The van der Waals surface area contributed by atoms with Gasteiger partial charge in [-0.25, -0.2) is 13.2 Å². The fourth-order valence-corrected chi connectivity index (χ4v) is 7.22. The highest BCUT2D eigenvalue weighted by Crippen LogP contribution is 2.16. The first-order valence-electron chi connectivity index (χ1n) is 15.7. The van der Waals surface area contributed by atoms with Gasteiger partial charge in [-0.2, -0.15) is 0 Å². The van der Waals surface area contributed by atoms with E-state index in [-0.39, 0.29) is 19.6 Å². The topological polar surface area (TPSA) is 143 Å². The van der Waals surface area contributed by atoms with Crippen molar-refractivity contribution < 1.29 is 32.6 Å². The predicted molar refractivity (Wildman–Crippen MR) is 179 cm³/mol. The summed E-state index contributed by atoms with van der Waals surface area (Å²) >= 11 is 0. The maximum Gasteiger partial charge on any atom is 0.408 e. The number of hydrogen-bond donors (Lipinski definition) is 4. The number of rotatable bonds is 19. The molecule has 4 N–H and O–H groups in total. The monoisotopic (exact) mass is 653 g/mol. The summed E-state index contributed by atoms with van der Waals surface area (Å²) in [5.41, 5.74) is 2.57. The lowest BCUT2D eigenvalue weighted by Crippen LogP contribution is -2.57. The van der Waals surface area contributed by atoms with Gasteiger partial charge < -0.3 is 30.5 Å². The van der Waals surface area contributed by atoms with Crippen LogP contribution >= 0.6 is 0 Å². The summed E-state index contributed by atoms with van der Waals surface area (Å²) in [5, 5.41) is 19.2. The molecule has 1 unspecified atom stereocenters. The van der Waals surface area contributed by atoms with Crippen LogP contribution in [0.5, 0.6) is 5.75 Å². The molecule has 0 saturated heterocycles. The predicted octanol–water partition coefficient (Wildman–Crippen LogP) is 4.16. The maximum absolute atomic E-state index is 13.8. The molecule has 0 radical (unpaired) electrons. The first-order valence-corrected chi connectivity index (χ1v) is 17.4. The SMILES string of the molecule is CCCC(CC)S(=O)(=O)C[C@H](NC(=O)OCc1ccccc1)C(=O)N[C@@H](Cc1ccccc1)[C@H](O)CNCc1cccc(OC)c1. The zero-order chi connectivity index (χ0) is 33.4. The molecule has 0 spiro atoms. The lowest BCUT2D eigenvalue weighted by Gasteiger charge is -2.28. The number of carbonyl (C=O) groups excluding carboxylic acids is 2. The molecule has 0 aliphatic heterocycles. The molecule has 4 atom stereocenters. The van der Waals surface area contributed by atoms with Crippen molar-refractivity contribution >= 4 is 21.8 Å². The molecule has 10 nitrogen and oxygen atoms in total. The van der Waals surface area contributed by atoms with E-state index in [2.05, 4.69) is 16.0 Å². The number of hydrogen-bond acceptors (Lipinski definition) is 8. The molecule has 2 amide bonds. The Kier molecular flexibility index (Phi) is 15.0. The summed E-state index contributed by atoms with van der Waals surface area (Å²) < 4.78 is 37.4. The molecule has 0 aromatic heterocycles. The van der Waals surface area contributed by atoms with Crippen LogP contribution in [0.15, 0.2) is 84.9 Å². The highest BCUT2D eigenvalue weighted by Gasteiger charge is 2.34. The van der Waals surface area contributed by atoms with Crippen molar-refractivity contribution in [3.05, 3.63) is 102 Å². The molecule has 46 heavy (non-hydrogen) atoms. The molecular weight excluding hydrogens is 606 g/mol. The fourth-order valence-electron chi connectivity index (χ4n) is 5.14. The van der Waals surface area contributed by atoms with Crippen LogP contribution in [-0.2, 0) is 38.9 Å². The summed E-state index contributed by atoms with van der Waals surface area (Å²) in [6, 6.07) is 23.7. The standard InChI is InChI=1S/C35H47N3O7S/c1-4-13-30(5-2)46(42,43)25-32(38-35(41)45-24-27-16-10-7-11-17-27)34(40)37-31(21-26-14-8-6-9-15-26)33(39)23-36-22-28-18-12-19-29(20-28)44-3/h6-12,14-20,30-33,36,39H,4-5,13,21-25H2,1-3H3,(H,37,40)(H,38,41)/t30?,31-,32-,33+/m0/s1. The molecule has 11 heteroatoms. The molecule has 0 aliphatic rings. The zero-order valence-corrected chi connectivity index (χ0v) is 27.7. The van der Waals surface area contributed by atoms with Gasteiger partial charge in [0.25, 0.3) is 0 Å². The summed E-state index contributed by atoms with van der Waals surface area (Å²) in [5.74, 6) is -0.603. The molecule has 250 valence electrons. The number of alkyl carbamates (subject to hydrolysis) is 1. The molecule has 0 fully saturated rings. The van der Waals surface area contributed by atoms with Crippen LogP contribution in [-0.4, -0.2) is 68.4 Å². The second-order valence-electron chi connectivity index (χ2n) is 11.3. The van der Waals surface area contributed by atoms with Crippen LogP contribution in [0.2, 0.25) is 0 Å². The lowest BCUT2D eigenvalue weighted by molar-refractivity contribution is -0.124. The minimum atomic E-state index is -3.77. The Bertz CT molecular complexity index is 1460. The molecule has 3 aromatic rings. The number of sulfone groups is 1. The first-order chi connectivity index (χ1) is 22.1. The number of methoxy groups -OCH3 is 1. The molecular formula is C35H47N3O7S. The van der Waals surface area contributed by atoms with Gasteiger partial charge in [0.1, 0.15) is 18.4 Å². The van der Waals surface area contributed by atoms with Gasteiger partial charge in [-0.1, -0.05) is 93.1 Å².